The lowest BCUT2D eigenvalue weighted by molar-refractivity contribution is -0.176. The van der Waals surface area contributed by atoms with Crippen LogP contribution >= 0.6 is 15.9 Å². The Morgan fingerprint density at radius 1 is 1.21 bits per heavy atom. The Bertz CT molecular complexity index is 862. The van der Waals surface area contributed by atoms with Gasteiger partial charge in [-0.25, -0.2) is 0 Å². The van der Waals surface area contributed by atoms with E-state index >= 15 is 0 Å². The number of alkyl halides is 1. The molecule has 2 aromatic rings. The monoisotopic (exact) mass is 446 g/mol. The van der Waals surface area contributed by atoms with Crippen LogP contribution < -0.4 is 4.74 Å². The van der Waals surface area contributed by atoms with Crippen molar-refractivity contribution in [1.29, 1.82) is 0 Å². The van der Waals surface area contributed by atoms with Crippen LogP contribution in [0.3, 0.4) is 0 Å². The number of carbonyl (C=O) groups is 1. The average Bonchev–Trinajstić information content (AvgIpc) is 2.65. The summed E-state index contributed by atoms with van der Waals surface area (Å²) in [6.45, 7) is 8.10. The number of hydrogen-bond donors (Lipinski definition) is 1. The Kier molecular flexibility index (Phi) is 5.87. The fourth-order valence-electron chi connectivity index (χ4n) is 4.04. The van der Waals surface area contributed by atoms with Gasteiger partial charge in [-0.15, -0.1) is 0 Å². The molecule has 0 bridgehead atoms. The van der Waals surface area contributed by atoms with Gasteiger partial charge in [-0.05, 0) is 49.4 Å². The van der Waals surface area contributed by atoms with Gasteiger partial charge in [0, 0.05) is 0 Å². The van der Waals surface area contributed by atoms with E-state index in [1.165, 1.54) is 0 Å². The first-order valence-corrected chi connectivity index (χ1v) is 10.4. The number of cyclic esters (lactones) is 1. The summed E-state index contributed by atoms with van der Waals surface area (Å²) in [5.74, 6) is 0.417. The van der Waals surface area contributed by atoms with Crippen LogP contribution in [0.15, 0.2) is 42.5 Å². The smallest absolute Gasteiger partial charge is 0.309 e. The summed E-state index contributed by atoms with van der Waals surface area (Å²) in [5.41, 5.74) is 2.63. The summed E-state index contributed by atoms with van der Waals surface area (Å²) in [6.07, 6.45) is 0.0373. The van der Waals surface area contributed by atoms with Crippen molar-refractivity contribution < 1.29 is 19.4 Å². The van der Waals surface area contributed by atoms with Gasteiger partial charge >= 0.3 is 5.97 Å². The molecular weight excluding hydrogens is 420 g/mol. The molecule has 3 rings (SSSR count). The molecule has 0 spiro atoms. The number of hydrogen-bond acceptors (Lipinski definition) is 4. The zero-order chi connectivity index (χ0) is 20.5. The number of halogens is 1. The fraction of sp³-hybridized carbons (Fsp3) is 0.435. The quantitative estimate of drug-likeness (QED) is 0.521. The van der Waals surface area contributed by atoms with Crippen molar-refractivity contribution in [2.75, 3.05) is 0 Å². The molecule has 3 unspecified atom stereocenters. The highest BCUT2D eigenvalue weighted by atomic mass is 79.9. The van der Waals surface area contributed by atoms with E-state index in [0.717, 1.165) is 28.0 Å². The van der Waals surface area contributed by atoms with Gasteiger partial charge in [0.05, 0.1) is 12.0 Å². The summed E-state index contributed by atoms with van der Waals surface area (Å²) in [5, 5.41) is 11.2. The first-order chi connectivity index (χ1) is 13.2. The lowest BCUT2D eigenvalue weighted by Gasteiger charge is -2.49. The van der Waals surface area contributed by atoms with Crippen LogP contribution in [0.4, 0.5) is 0 Å². The first kappa shape index (κ1) is 20.9. The topological polar surface area (TPSA) is 55.8 Å². The third-order valence-corrected chi connectivity index (χ3v) is 7.37. The molecule has 4 nitrogen and oxygen atoms in total. The van der Waals surface area contributed by atoms with E-state index in [0.29, 0.717) is 13.0 Å². The van der Waals surface area contributed by atoms with Gasteiger partial charge in [0.25, 0.3) is 0 Å². The largest absolute Gasteiger partial charge is 0.488 e. The maximum Gasteiger partial charge on any atom is 0.309 e. The number of benzene rings is 2. The molecule has 150 valence electrons. The normalized spacial score (nSPS) is 27.4. The van der Waals surface area contributed by atoms with Gasteiger partial charge in [0.15, 0.2) is 0 Å². The van der Waals surface area contributed by atoms with Crippen LogP contribution in [0.1, 0.15) is 48.9 Å². The van der Waals surface area contributed by atoms with Crippen LogP contribution in [-0.4, -0.2) is 22.8 Å². The van der Waals surface area contributed by atoms with Crippen LogP contribution in [-0.2, 0) is 20.5 Å². The Hall–Kier alpha value is -1.85. The van der Waals surface area contributed by atoms with Gasteiger partial charge in [-0.2, -0.15) is 0 Å². The molecule has 1 N–H and O–H groups in total. The number of carbonyl (C=O) groups excluding carboxylic acids is 1. The molecule has 0 amide bonds. The van der Waals surface area contributed by atoms with Gasteiger partial charge in [0.1, 0.15) is 22.8 Å². The number of esters is 1. The summed E-state index contributed by atoms with van der Waals surface area (Å²) in [7, 11) is 0. The molecule has 0 aliphatic carbocycles. The van der Waals surface area contributed by atoms with E-state index < -0.39 is 16.0 Å². The molecule has 5 heteroatoms. The van der Waals surface area contributed by atoms with Crippen LogP contribution in [0.5, 0.6) is 5.75 Å². The summed E-state index contributed by atoms with van der Waals surface area (Å²) in [6, 6.07) is 14.0. The molecule has 0 saturated carbocycles. The molecular formula is C23H27BrO4. The predicted molar refractivity (Wildman–Crippen MR) is 113 cm³/mol. The average molecular weight is 447 g/mol. The maximum atomic E-state index is 12.0. The van der Waals surface area contributed by atoms with Crippen LogP contribution in [0.2, 0.25) is 0 Å². The third kappa shape index (κ3) is 3.58. The minimum Gasteiger partial charge on any atom is -0.488 e. The van der Waals surface area contributed by atoms with Crippen molar-refractivity contribution in [3.05, 3.63) is 64.7 Å². The van der Waals surface area contributed by atoms with Gasteiger partial charge in [0.2, 0.25) is 0 Å². The van der Waals surface area contributed by atoms with Crippen molar-refractivity contribution in [2.24, 2.45) is 0 Å². The Labute approximate surface area is 175 Å². The molecule has 0 aromatic heterocycles. The van der Waals surface area contributed by atoms with Crippen molar-refractivity contribution in [3.8, 4) is 5.75 Å². The lowest BCUT2D eigenvalue weighted by Crippen LogP contribution is -2.59. The van der Waals surface area contributed by atoms with Crippen LogP contribution in [0, 0.1) is 13.8 Å². The molecule has 1 saturated heterocycles. The van der Waals surface area contributed by atoms with Crippen molar-refractivity contribution in [3.63, 3.8) is 0 Å². The predicted octanol–water partition coefficient (Wildman–Crippen LogP) is 4.95. The molecule has 3 atom stereocenters. The van der Waals surface area contributed by atoms with Gasteiger partial charge in [-0.3, -0.25) is 4.79 Å². The molecule has 0 radical (unpaired) electrons. The van der Waals surface area contributed by atoms with E-state index in [1.54, 1.807) is 6.92 Å². The standard InChI is InChI=1S/C23H27BrO4/c1-5-19-23(24,22(4,26)13-20(25)28-19)18-12-11-15(2)21(16(18)3)27-14-17-9-7-6-8-10-17/h6-12,19,26H,5,13-14H2,1-4H3. The molecule has 28 heavy (non-hydrogen) atoms. The molecule has 1 fully saturated rings. The minimum atomic E-state index is -1.29. The zero-order valence-corrected chi connectivity index (χ0v) is 18.4. The van der Waals surface area contributed by atoms with E-state index in [1.807, 2.05) is 63.2 Å². The summed E-state index contributed by atoms with van der Waals surface area (Å²) >= 11 is 3.80. The highest BCUT2D eigenvalue weighted by Crippen LogP contribution is 2.53. The number of ether oxygens (including phenoxy) is 2. The van der Waals surface area contributed by atoms with E-state index in [9.17, 15) is 9.90 Å². The van der Waals surface area contributed by atoms with E-state index in [4.69, 9.17) is 9.47 Å². The van der Waals surface area contributed by atoms with Gasteiger partial charge < -0.3 is 14.6 Å². The van der Waals surface area contributed by atoms with Crippen LogP contribution in [0.25, 0.3) is 0 Å². The molecule has 1 aliphatic rings. The van der Waals surface area contributed by atoms with Gasteiger partial charge in [-0.1, -0.05) is 65.3 Å². The number of aliphatic hydroxyl groups is 1. The second-order valence-electron chi connectivity index (χ2n) is 7.71. The first-order valence-electron chi connectivity index (χ1n) is 9.59. The molecule has 1 aliphatic heterocycles. The van der Waals surface area contributed by atoms with E-state index in [2.05, 4.69) is 15.9 Å². The molecule has 2 aromatic carbocycles. The zero-order valence-electron chi connectivity index (χ0n) is 16.8. The third-order valence-electron chi connectivity index (χ3n) is 5.58. The Morgan fingerprint density at radius 2 is 1.89 bits per heavy atom. The highest BCUT2D eigenvalue weighted by Gasteiger charge is 2.58. The number of aryl methyl sites for hydroxylation is 1. The molecule has 1 heterocycles. The van der Waals surface area contributed by atoms with Crippen molar-refractivity contribution in [2.45, 2.75) is 63.2 Å². The second-order valence-corrected chi connectivity index (χ2v) is 8.96. The summed E-state index contributed by atoms with van der Waals surface area (Å²) in [4.78, 5) is 12.0. The van der Waals surface area contributed by atoms with E-state index in [-0.39, 0.29) is 12.4 Å². The summed E-state index contributed by atoms with van der Waals surface area (Å²) < 4.78 is 10.9. The lowest BCUT2D eigenvalue weighted by atomic mass is 9.73. The van der Waals surface area contributed by atoms with Crippen molar-refractivity contribution >= 4 is 21.9 Å². The minimum absolute atomic E-state index is 0.0672. The fourth-order valence-corrected chi connectivity index (χ4v) is 5.03. The maximum absolute atomic E-state index is 12.0. The number of rotatable bonds is 5. The SMILES string of the molecule is CCC1OC(=O)CC(C)(O)C1(Br)c1ccc(C)c(OCc2ccccc2)c1C. The Morgan fingerprint density at radius 3 is 2.54 bits per heavy atom. The second kappa shape index (κ2) is 7.88. The highest BCUT2D eigenvalue weighted by molar-refractivity contribution is 9.09. The van der Waals surface area contributed by atoms with Crippen molar-refractivity contribution in [1.82, 2.24) is 0 Å². The Balaban J connectivity index is 2.03.